The third-order valence-corrected chi connectivity index (χ3v) is 2.70. The van der Waals surface area contributed by atoms with Gasteiger partial charge in [-0.15, -0.1) is 6.42 Å². The van der Waals surface area contributed by atoms with Gasteiger partial charge in [-0.1, -0.05) is 5.92 Å². The third kappa shape index (κ3) is 9.84. The monoisotopic (exact) mass is 324 g/mol. The summed E-state index contributed by atoms with van der Waals surface area (Å²) >= 11 is 0. The molecule has 0 aromatic carbocycles. The van der Waals surface area contributed by atoms with E-state index in [1.165, 1.54) is 0 Å². The first-order chi connectivity index (χ1) is 11.3. The van der Waals surface area contributed by atoms with E-state index in [0.717, 1.165) is 0 Å². The summed E-state index contributed by atoms with van der Waals surface area (Å²) in [6.45, 7) is 3.14. The predicted octanol–water partition coefficient (Wildman–Crippen LogP) is 0.489. The number of nitrogens with one attached hydrogen (secondary N) is 1. The fraction of sp³-hybridized carbons (Fsp3) is 0.562. The normalized spacial score (nSPS) is 11.9. The van der Waals surface area contributed by atoms with Crippen molar-refractivity contribution in [2.45, 2.75) is 6.23 Å². The van der Waals surface area contributed by atoms with E-state index in [4.69, 9.17) is 25.4 Å². The van der Waals surface area contributed by atoms with Gasteiger partial charge in [0.1, 0.15) is 11.9 Å². The van der Waals surface area contributed by atoms with Gasteiger partial charge in [0.2, 0.25) is 0 Å². The Hall–Kier alpha value is -1.69. The van der Waals surface area contributed by atoms with Crippen LogP contribution in [0.5, 0.6) is 0 Å². The second kappa shape index (κ2) is 12.8. The van der Waals surface area contributed by atoms with Gasteiger partial charge < -0.3 is 29.4 Å². The molecule has 0 aliphatic rings. The molecule has 0 aliphatic heterocycles. The minimum absolute atomic E-state index is 0.143. The number of aliphatic hydroxyl groups is 1. The number of pyridine rings is 1. The number of hydrogen-bond acceptors (Lipinski definition) is 7. The van der Waals surface area contributed by atoms with Gasteiger partial charge in [-0.3, -0.25) is 0 Å². The lowest BCUT2D eigenvalue weighted by atomic mass is 10.3. The van der Waals surface area contributed by atoms with Crippen molar-refractivity contribution in [3.63, 3.8) is 0 Å². The fourth-order valence-electron chi connectivity index (χ4n) is 1.58. The van der Waals surface area contributed by atoms with Crippen LogP contribution in [0.15, 0.2) is 18.3 Å². The minimum Gasteiger partial charge on any atom is -0.382 e. The topological polar surface area (TPSA) is 82.1 Å². The molecule has 23 heavy (non-hydrogen) atoms. The number of rotatable bonds is 13. The van der Waals surface area contributed by atoms with Crippen molar-refractivity contribution in [3.05, 3.63) is 24.0 Å². The standard InChI is InChI=1S/C16H24N2O5/c1-3-14-4-5-15(12-17-14)18-16(19)13-23-11-10-22-9-8-21-7-6-20-2/h1,4-5,12,16,18-19H,6-11,13H2,2H3. The minimum atomic E-state index is -0.828. The first-order valence-electron chi connectivity index (χ1n) is 7.35. The molecule has 0 bridgehead atoms. The van der Waals surface area contributed by atoms with Crippen LogP contribution in [0, 0.1) is 12.3 Å². The average Bonchev–Trinajstić information content (AvgIpc) is 2.57. The highest BCUT2D eigenvalue weighted by Gasteiger charge is 2.04. The van der Waals surface area contributed by atoms with E-state index < -0.39 is 6.23 Å². The maximum Gasteiger partial charge on any atom is 0.148 e. The van der Waals surface area contributed by atoms with E-state index in [0.29, 0.717) is 51.0 Å². The highest BCUT2D eigenvalue weighted by molar-refractivity contribution is 5.43. The summed E-state index contributed by atoms with van der Waals surface area (Å²) in [6.07, 6.45) is 5.95. The lowest BCUT2D eigenvalue weighted by Crippen LogP contribution is -2.25. The molecule has 0 aliphatic carbocycles. The summed E-state index contributed by atoms with van der Waals surface area (Å²) in [6, 6.07) is 3.44. The van der Waals surface area contributed by atoms with Crippen LogP contribution in [0.3, 0.4) is 0 Å². The van der Waals surface area contributed by atoms with Crippen molar-refractivity contribution in [3.8, 4) is 12.3 Å². The van der Waals surface area contributed by atoms with Gasteiger partial charge in [0, 0.05) is 7.11 Å². The smallest absolute Gasteiger partial charge is 0.148 e. The molecule has 0 spiro atoms. The second-order valence-corrected chi connectivity index (χ2v) is 4.53. The lowest BCUT2D eigenvalue weighted by Gasteiger charge is -2.14. The number of hydrogen-bond donors (Lipinski definition) is 2. The third-order valence-electron chi connectivity index (χ3n) is 2.70. The summed E-state index contributed by atoms with van der Waals surface area (Å²) < 4.78 is 20.7. The Morgan fingerprint density at radius 2 is 1.78 bits per heavy atom. The van der Waals surface area contributed by atoms with Crippen molar-refractivity contribution in [1.29, 1.82) is 0 Å². The zero-order chi connectivity index (χ0) is 16.8. The summed E-state index contributed by atoms with van der Waals surface area (Å²) in [4.78, 5) is 4.02. The van der Waals surface area contributed by atoms with E-state index in [1.54, 1.807) is 25.4 Å². The van der Waals surface area contributed by atoms with Crippen LogP contribution in [0.1, 0.15) is 5.69 Å². The van der Waals surface area contributed by atoms with Gasteiger partial charge in [-0.05, 0) is 12.1 Å². The molecule has 2 N–H and O–H groups in total. The average molecular weight is 324 g/mol. The Balaban J connectivity index is 1.97. The zero-order valence-electron chi connectivity index (χ0n) is 13.4. The number of anilines is 1. The largest absolute Gasteiger partial charge is 0.382 e. The van der Waals surface area contributed by atoms with Gasteiger partial charge in [0.15, 0.2) is 0 Å². The first kappa shape index (κ1) is 19.4. The maximum absolute atomic E-state index is 9.78. The Morgan fingerprint density at radius 1 is 1.13 bits per heavy atom. The molecule has 1 rings (SSSR count). The highest BCUT2D eigenvalue weighted by Crippen LogP contribution is 2.06. The molecular weight excluding hydrogens is 300 g/mol. The molecule has 0 radical (unpaired) electrons. The molecule has 1 unspecified atom stereocenters. The van der Waals surface area contributed by atoms with E-state index in [2.05, 4.69) is 16.2 Å². The van der Waals surface area contributed by atoms with Crippen molar-refractivity contribution in [2.75, 3.05) is 58.7 Å². The number of methoxy groups -OCH3 is 1. The van der Waals surface area contributed by atoms with Gasteiger partial charge >= 0.3 is 0 Å². The molecule has 0 fully saturated rings. The molecule has 1 atom stereocenters. The van der Waals surface area contributed by atoms with Crippen molar-refractivity contribution in [1.82, 2.24) is 4.98 Å². The van der Waals surface area contributed by atoms with Crippen LogP contribution in [-0.2, 0) is 18.9 Å². The van der Waals surface area contributed by atoms with E-state index in [-0.39, 0.29) is 6.61 Å². The van der Waals surface area contributed by atoms with Crippen LogP contribution in [-0.4, -0.2) is 69.7 Å². The van der Waals surface area contributed by atoms with Crippen LogP contribution in [0.25, 0.3) is 0 Å². The van der Waals surface area contributed by atoms with E-state index >= 15 is 0 Å². The van der Waals surface area contributed by atoms with Crippen LogP contribution < -0.4 is 5.32 Å². The molecule has 128 valence electrons. The molecule has 7 heteroatoms. The Kier molecular flexibility index (Phi) is 10.8. The molecule has 1 aromatic heterocycles. The number of terminal acetylenes is 1. The van der Waals surface area contributed by atoms with Gasteiger partial charge in [0.25, 0.3) is 0 Å². The Morgan fingerprint density at radius 3 is 2.35 bits per heavy atom. The highest BCUT2D eigenvalue weighted by atomic mass is 16.6. The van der Waals surface area contributed by atoms with Crippen LogP contribution in [0.2, 0.25) is 0 Å². The lowest BCUT2D eigenvalue weighted by molar-refractivity contribution is -0.00995. The number of aliphatic hydroxyl groups excluding tert-OH is 1. The van der Waals surface area contributed by atoms with Crippen molar-refractivity contribution < 1.29 is 24.1 Å². The summed E-state index contributed by atoms with van der Waals surface area (Å²) in [5.41, 5.74) is 1.22. The summed E-state index contributed by atoms with van der Waals surface area (Å²) in [7, 11) is 1.63. The summed E-state index contributed by atoms with van der Waals surface area (Å²) in [5, 5.41) is 12.6. The number of aromatic nitrogens is 1. The SMILES string of the molecule is C#Cc1ccc(NC(O)COCCOCCOCCOC)cn1. The van der Waals surface area contributed by atoms with Crippen molar-refractivity contribution in [2.24, 2.45) is 0 Å². The van der Waals surface area contributed by atoms with Gasteiger partial charge in [0.05, 0.1) is 58.1 Å². The fourth-order valence-corrected chi connectivity index (χ4v) is 1.58. The van der Waals surface area contributed by atoms with E-state index in [1.807, 2.05) is 0 Å². The van der Waals surface area contributed by atoms with Crippen LogP contribution >= 0.6 is 0 Å². The molecule has 7 nitrogen and oxygen atoms in total. The second-order valence-electron chi connectivity index (χ2n) is 4.53. The molecule has 0 saturated carbocycles. The molecular formula is C16H24N2O5. The summed E-state index contributed by atoms with van der Waals surface area (Å²) in [5.74, 6) is 2.43. The number of nitrogens with zero attached hydrogens (tertiary/aromatic N) is 1. The Bertz CT molecular complexity index is 447. The zero-order valence-corrected chi connectivity index (χ0v) is 13.4. The van der Waals surface area contributed by atoms with Gasteiger partial charge in [-0.2, -0.15) is 0 Å². The van der Waals surface area contributed by atoms with Crippen molar-refractivity contribution >= 4 is 5.69 Å². The predicted molar refractivity (Wildman–Crippen MR) is 86.1 cm³/mol. The Labute approximate surface area is 136 Å². The quantitative estimate of drug-likeness (QED) is 0.310. The maximum atomic E-state index is 9.78. The number of ether oxygens (including phenoxy) is 4. The molecule has 0 amide bonds. The van der Waals surface area contributed by atoms with Gasteiger partial charge in [-0.25, -0.2) is 4.98 Å². The molecule has 1 aromatic rings. The van der Waals surface area contributed by atoms with E-state index in [9.17, 15) is 5.11 Å². The molecule has 0 saturated heterocycles. The molecule has 1 heterocycles. The first-order valence-corrected chi connectivity index (χ1v) is 7.35. The van der Waals surface area contributed by atoms with Crippen LogP contribution in [0.4, 0.5) is 5.69 Å².